The first-order valence-corrected chi connectivity index (χ1v) is 13.1. The lowest BCUT2D eigenvalue weighted by atomic mass is 9.73. The van der Waals surface area contributed by atoms with Crippen LogP contribution in [0.15, 0.2) is 54.7 Å². The molecule has 1 spiro atoms. The van der Waals surface area contributed by atoms with Crippen LogP contribution in [0.5, 0.6) is 0 Å². The van der Waals surface area contributed by atoms with Crippen molar-refractivity contribution in [3.8, 4) is 0 Å². The SMILES string of the molecule is N[C@@H]1c2ccccc2CC12CCN(c1ncc3sc(N4CCCc5ccccc54)nc3n1)CC2. The number of aromatic nitrogens is 3. The van der Waals surface area contributed by atoms with Crippen molar-refractivity contribution in [3.63, 3.8) is 0 Å². The lowest BCUT2D eigenvalue weighted by Gasteiger charge is -2.42. The number of fused-ring (bicyclic) bond motifs is 3. The van der Waals surface area contributed by atoms with E-state index in [2.05, 4.69) is 58.3 Å². The molecule has 0 saturated carbocycles. The summed E-state index contributed by atoms with van der Waals surface area (Å²) in [5, 5.41) is 1.01. The second-order valence-electron chi connectivity index (χ2n) is 9.94. The van der Waals surface area contributed by atoms with Crippen LogP contribution in [0.1, 0.15) is 42.0 Å². The Balaban J connectivity index is 1.12. The van der Waals surface area contributed by atoms with Crippen LogP contribution in [0.4, 0.5) is 16.8 Å². The zero-order valence-corrected chi connectivity index (χ0v) is 20.0. The standard InChI is InChI=1S/C27H28N6S/c28-23-20-9-3-1-7-19(20)16-27(23)11-14-32(15-12-27)25-29-17-22-24(30-25)31-26(34-22)33-13-5-8-18-6-2-4-10-21(18)33/h1-4,6-7,9-10,17,23H,5,8,11-16,28H2/t23-/m1/s1. The number of anilines is 3. The van der Waals surface area contributed by atoms with E-state index in [-0.39, 0.29) is 11.5 Å². The van der Waals surface area contributed by atoms with Gasteiger partial charge in [-0.15, -0.1) is 0 Å². The second-order valence-corrected chi connectivity index (χ2v) is 10.9. The summed E-state index contributed by atoms with van der Waals surface area (Å²) in [6, 6.07) is 17.5. The van der Waals surface area contributed by atoms with Gasteiger partial charge in [-0.25, -0.2) is 4.98 Å². The molecule has 2 N–H and O–H groups in total. The van der Waals surface area contributed by atoms with Crippen molar-refractivity contribution in [3.05, 3.63) is 71.4 Å². The second kappa shape index (κ2) is 7.75. The van der Waals surface area contributed by atoms with Gasteiger partial charge in [-0.3, -0.25) is 0 Å². The average Bonchev–Trinajstić information content (AvgIpc) is 3.43. The Morgan fingerprint density at radius 1 is 0.941 bits per heavy atom. The van der Waals surface area contributed by atoms with E-state index < -0.39 is 0 Å². The molecule has 0 radical (unpaired) electrons. The molecule has 4 aromatic rings. The number of aryl methyl sites for hydroxylation is 1. The van der Waals surface area contributed by atoms with Gasteiger partial charge in [-0.2, -0.15) is 9.97 Å². The Bertz CT molecular complexity index is 1370. The van der Waals surface area contributed by atoms with E-state index >= 15 is 0 Å². The van der Waals surface area contributed by atoms with Gasteiger partial charge in [0, 0.05) is 31.4 Å². The number of hydrogen-bond donors (Lipinski definition) is 1. The average molecular weight is 469 g/mol. The number of piperidine rings is 1. The summed E-state index contributed by atoms with van der Waals surface area (Å²) < 4.78 is 1.04. The summed E-state index contributed by atoms with van der Waals surface area (Å²) in [6.45, 7) is 2.86. The molecular formula is C27H28N6S. The molecule has 172 valence electrons. The van der Waals surface area contributed by atoms with Gasteiger partial charge in [-0.05, 0) is 60.3 Å². The fraction of sp³-hybridized carbons (Fsp3) is 0.370. The van der Waals surface area contributed by atoms with Crippen molar-refractivity contribution in [2.45, 2.75) is 38.1 Å². The third kappa shape index (κ3) is 3.14. The van der Waals surface area contributed by atoms with Crippen LogP contribution < -0.4 is 15.5 Å². The summed E-state index contributed by atoms with van der Waals surface area (Å²) in [6.07, 6.45) is 7.45. The lowest BCUT2D eigenvalue weighted by Crippen LogP contribution is -2.44. The van der Waals surface area contributed by atoms with Crippen molar-refractivity contribution in [2.75, 3.05) is 29.4 Å². The predicted molar refractivity (Wildman–Crippen MR) is 138 cm³/mol. The van der Waals surface area contributed by atoms with Crippen LogP contribution in [-0.2, 0) is 12.8 Å². The van der Waals surface area contributed by atoms with Crippen molar-refractivity contribution in [1.82, 2.24) is 15.0 Å². The molecule has 0 unspecified atom stereocenters. The molecule has 7 rings (SSSR count). The van der Waals surface area contributed by atoms with E-state index in [0.29, 0.717) is 0 Å². The topological polar surface area (TPSA) is 71.2 Å². The number of nitrogens with zero attached hydrogens (tertiary/aromatic N) is 5. The molecule has 0 amide bonds. The van der Waals surface area contributed by atoms with Crippen molar-refractivity contribution < 1.29 is 0 Å². The zero-order valence-electron chi connectivity index (χ0n) is 19.2. The molecule has 1 aliphatic carbocycles. The van der Waals surface area contributed by atoms with Crippen molar-refractivity contribution >= 4 is 38.5 Å². The van der Waals surface area contributed by atoms with Crippen LogP contribution >= 0.6 is 11.3 Å². The number of para-hydroxylation sites is 1. The minimum Gasteiger partial charge on any atom is -0.341 e. The van der Waals surface area contributed by atoms with Gasteiger partial charge in [0.1, 0.15) is 0 Å². The Morgan fingerprint density at radius 3 is 2.59 bits per heavy atom. The maximum absolute atomic E-state index is 6.76. The van der Waals surface area contributed by atoms with Gasteiger partial charge in [0.05, 0.1) is 10.9 Å². The highest BCUT2D eigenvalue weighted by atomic mass is 32.1. The molecule has 6 nitrogen and oxygen atoms in total. The first-order valence-electron chi connectivity index (χ1n) is 12.3. The summed E-state index contributed by atoms with van der Waals surface area (Å²) >= 11 is 1.69. The minimum atomic E-state index is 0.128. The number of benzene rings is 2. The van der Waals surface area contributed by atoms with Crippen LogP contribution in [0.2, 0.25) is 0 Å². The first kappa shape index (κ1) is 20.4. The van der Waals surface area contributed by atoms with Crippen LogP contribution in [0.25, 0.3) is 10.3 Å². The molecule has 4 heterocycles. The third-order valence-corrected chi connectivity index (χ3v) is 9.10. The van der Waals surface area contributed by atoms with Gasteiger partial charge >= 0.3 is 0 Å². The number of nitrogens with two attached hydrogens (primary N) is 1. The number of thiazole rings is 1. The highest BCUT2D eigenvalue weighted by Gasteiger charge is 2.46. The van der Waals surface area contributed by atoms with E-state index in [1.807, 2.05) is 6.20 Å². The summed E-state index contributed by atoms with van der Waals surface area (Å²) in [5.41, 5.74) is 13.2. The number of rotatable bonds is 2. The lowest BCUT2D eigenvalue weighted by molar-refractivity contribution is 0.187. The smallest absolute Gasteiger partial charge is 0.227 e. The predicted octanol–water partition coefficient (Wildman–Crippen LogP) is 5.01. The van der Waals surface area contributed by atoms with Crippen LogP contribution in [0.3, 0.4) is 0 Å². The van der Waals surface area contributed by atoms with Crippen molar-refractivity contribution in [2.24, 2.45) is 11.1 Å². The maximum Gasteiger partial charge on any atom is 0.227 e. The zero-order chi connectivity index (χ0) is 22.7. The molecule has 34 heavy (non-hydrogen) atoms. The quantitative estimate of drug-likeness (QED) is 0.446. The highest BCUT2D eigenvalue weighted by molar-refractivity contribution is 7.22. The van der Waals surface area contributed by atoms with Gasteiger partial charge in [0.25, 0.3) is 0 Å². The summed E-state index contributed by atoms with van der Waals surface area (Å²) in [7, 11) is 0. The fourth-order valence-electron chi connectivity index (χ4n) is 6.17. The van der Waals surface area contributed by atoms with Gasteiger partial charge in [0.2, 0.25) is 5.95 Å². The first-order chi connectivity index (χ1) is 16.7. The van der Waals surface area contributed by atoms with Gasteiger partial charge in [0.15, 0.2) is 10.8 Å². The Hall–Kier alpha value is -3.03. The van der Waals surface area contributed by atoms with Crippen LogP contribution in [-0.4, -0.2) is 34.6 Å². The minimum absolute atomic E-state index is 0.128. The molecule has 2 aromatic heterocycles. The summed E-state index contributed by atoms with van der Waals surface area (Å²) in [4.78, 5) is 19.2. The van der Waals surface area contributed by atoms with E-state index in [1.165, 1.54) is 22.4 Å². The van der Waals surface area contributed by atoms with E-state index in [9.17, 15) is 0 Å². The Kier molecular flexibility index (Phi) is 4.64. The molecule has 3 aliphatic rings. The van der Waals surface area contributed by atoms with Gasteiger partial charge in [-0.1, -0.05) is 53.8 Å². The normalized spacial score (nSPS) is 21.1. The molecule has 2 aliphatic heterocycles. The monoisotopic (exact) mass is 468 g/mol. The number of hydrogen-bond acceptors (Lipinski definition) is 7. The third-order valence-electron chi connectivity index (χ3n) is 8.10. The van der Waals surface area contributed by atoms with Crippen LogP contribution in [0, 0.1) is 5.41 Å². The van der Waals surface area contributed by atoms with E-state index in [0.717, 1.165) is 73.2 Å². The molecule has 7 heteroatoms. The van der Waals surface area contributed by atoms with E-state index in [1.54, 1.807) is 11.3 Å². The molecule has 0 bridgehead atoms. The van der Waals surface area contributed by atoms with E-state index in [4.69, 9.17) is 20.7 Å². The maximum atomic E-state index is 6.76. The molecular weight excluding hydrogens is 440 g/mol. The Labute approximate surface area is 203 Å². The molecule has 1 atom stereocenters. The molecule has 1 fully saturated rings. The Morgan fingerprint density at radius 2 is 1.74 bits per heavy atom. The largest absolute Gasteiger partial charge is 0.341 e. The van der Waals surface area contributed by atoms with Gasteiger partial charge < -0.3 is 15.5 Å². The fourth-order valence-corrected chi connectivity index (χ4v) is 7.09. The molecule has 1 saturated heterocycles. The summed E-state index contributed by atoms with van der Waals surface area (Å²) in [5.74, 6) is 0.794. The van der Waals surface area contributed by atoms with Crippen molar-refractivity contribution in [1.29, 1.82) is 0 Å². The molecule has 2 aromatic carbocycles. The highest BCUT2D eigenvalue weighted by Crippen LogP contribution is 2.50.